The molecule has 6 heteroatoms. The molecule has 2 aromatic rings. The van der Waals surface area contributed by atoms with Crippen molar-refractivity contribution < 1.29 is 4.42 Å². The highest BCUT2D eigenvalue weighted by Gasteiger charge is 2.07. The summed E-state index contributed by atoms with van der Waals surface area (Å²) in [6, 6.07) is 3.26. The number of nitrogens with two attached hydrogens (primary N) is 1. The van der Waals surface area contributed by atoms with E-state index in [9.17, 15) is 4.79 Å². The van der Waals surface area contributed by atoms with Crippen LogP contribution in [0.25, 0.3) is 11.5 Å². The number of aromatic nitrogens is 3. The molecule has 0 aromatic carbocycles. The first-order chi connectivity index (χ1) is 6.66. The van der Waals surface area contributed by atoms with E-state index in [0.717, 1.165) is 4.68 Å². The van der Waals surface area contributed by atoms with E-state index in [1.165, 1.54) is 13.2 Å². The van der Waals surface area contributed by atoms with Gasteiger partial charge in [-0.1, -0.05) is 0 Å². The molecule has 0 fully saturated rings. The number of anilines is 1. The Morgan fingerprint density at radius 3 is 2.93 bits per heavy atom. The van der Waals surface area contributed by atoms with Gasteiger partial charge in [-0.3, -0.25) is 0 Å². The maximum absolute atomic E-state index is 11.0. The summed E-state index contributed by atoms with van der Waals surface area (Å²) >= 11 is 0. The van der Waals surface area contributed by atoms with Crippen LogP contribution in [0.3, 0.4) is 0 Å². The summed E-state index contributed by atoms with van der Waals surface area (Å²) in [5.41, 5.74) is 6.11. The Morgan fingerprint density at radius 2 is 2.36 bits per heavy atom. The Morgan fingerprint density at radius 1 is 1.57 bits per heavy atom. The van der Waals surface area contributed by atoms with Crippen molar-refractivity contribution in [3.8, 4) is 11.5 Å². The second-order valence-electron chi connectivity index (χ2n) is 2.77. The summed E-state index contributed by atoms with van der Waals surface area (Å²) < 4.78 is 5.99. The highest BCUT2D eigenvalue weighted by molar-refractivity contribution is 5.56. The van der Waals surface area contributed by atoms with Gasteiger partial charge in [0.2, 0.25) is 5.89 Å². The van der Waals surface area contributed by atoms with Crippen LogP contribution in [-0.2, 0) is 7.05 Å². The van der Waals surface area contributed by atoms with E-state index in [-0.39, 0.29) is 5.89 Å². The Balaban J connectivity index is 2.54. The summed E-state index contributed by atoms with van der Waals surface area (Å²) in [6.45, 7) is 0. The molecule has 0 aliphatic carbocycles. The maximum atomic E-state index is 11.0. The summed E-state index contributed by atoms with van der Waals surface area (Å²) in [5, 5.41) is 3.88. The van der Waals surface area contributed by atoms with Gasteiger partial charge in [-0.15, -0.1) is 5.10 Å². The topological polar surface area (TPSA) is 86.9 Å². The third-order valence-electron chi connectivity index (χ3n) is 1.72. The lowest BCUT2D eigenvalue weighted by Gasteiger charge is -1.94. The second-order valence-corrected chi connectivity index (χ2v) is 2.77. The van der Waals surface area contributed by atoms with Gasteiger partial charge in [0.05, 0.1) is 0 Å². The number of hydrogen-bond acceptors (Lipinski definition) is 5. The van der Waals surface area contributed by atoms with Gasteiger partial charge in [0.1, 0.15) is 5.82 Å². The molecule has 0 unspecified atom stereocenters. The third-order valence-corrected chi connectivity index (χ3v) is 1.72. The Bertz CT molecular complexity index is 514. The standard InChI is InChI=1S/C8H8N4O2/c1-12-8(13)14-7(11-12)5-2-3-10-6(9)4-5/h2-4H,1H3,(H2,9,10). The fraction of sp³-hybridized carbons (Fsp3) is 0.125. The summed E-state index contributed by atoms with van der Waals surface area (Å²) in [4.78, 5) is 14.8. The molecule has 2 aromatic heterocycles. The fourth-order valence-corrected chi connectivity index (χ4v) is 1.04. The van der Waals surface area contributed by atoms with Gasteiger partial charge < -0.3 is 10.2 Å². The molecule has 0 bridgehead atoms. The molecule has 0 aliphatic rings. The molecule has 2 rings (SSSR count). The SMILES string of the molecule is Cn1nc(-c2ccnc(N)c2)oc1=O. The van der Waals surface area contributed by atoms with Gasteiger partial charge in [-0.05, 0) is 12.1 Å². The van der Waals surface area contributed by atoms with Gasteiger partial charge in [0.25, 0.3) is 0 Å². The average Bonchev–Trinajstić information content (AvgIpc) is 2.47. The van der Waals surface area contributed by atoms with Crippen molar-refractivity contribution in [2.75, 3.05) is 5.73 Å². The molecule has 2 N–H and O–H groups in total. The molecular formula is C8H8N4O2. The van der Waals surface area contributed by atoms with E-state index >= 15 is 0 Å². The van der Waals surface area contributed by atoms with Crippen LogP contribution in [-0.4, -0.2) is 14.8 Å². The minimum atomic E-state index is -0.504. The van der Waals surface area contributed by atoms with Crippen molar-refractivity contribution in [2.45, 2.75) is 0 Å². The predicted molar refractivity (Wildman–Crippen MR) is 49.4 cm³/mol. The predicted octanol–water partition coefficient (Wildman–Crippen LogP) is 0.0175. The molecule has 0 spiro atoms. The second kappa shape index (κ2) is 2.99. The zero-order chi connectivity index (χ0) is 10.1. The minimum Gasteiger partial charge on any atom is -0.388 e. The smallest absolute Gasteiger partial charge is 0.388 e. The van der Waals surface area contributed by atoms with Gasteiger partial charge in [-0.25, -0.2) is 9.78 Å². The van der Waals surface area contributed by atoms with Crippen molar-refractivity contribution in [3.05, 3.63) is 28.9 Å². The molecule has 0 atom stereocenters. The van der Waals surface area contributed by atoms with Crippen LogP contribution >= 0.6 is 0 Å². The summed E-state index contributed by atoms with van der Waals surface area (Å²) in [6.07, 6.45) is 1.53. The third kappa shape index (κ3) is 1.37. The van der Waals surface area contributed by atoms with Crippen LogP contribution in [0, 0.1) is 0 Å². The van der Waals surface area contributed by atoms with E-state index < -0.39 is 5.76 Å². The van der Waals surface area contributed by atoms with Crippen molar-refractivity contribution in [1.82, 2.24) is 14.8 Å². The Kier molecular flexibility index (Phi) is 1.81. The summed E-state index contributed by atoms with van der Waals surface area (Å²) in [7, 11) is 1.51. The number of nitrogen functional groups attached to an aromatic ring is 1. The van der Waals surface area contributed by atoms with Crippen LogP contribution < -0.4 is 11.5 Å². The van der Waals surface area contributed by atoms with Crippen molar-refractivity contribution in [3.63, 3.8) is 0 Å². The van der Waals surface area contributed by atoms with E-state index in [2.05, 4.69) is 10.1 Å². The molecule has 2 heterocycles. The summed E-state index contributed by atoms with van der Waals surface area (Å²) in [5.74, 6) is 0.0952. The number of aryl methyl sites for hydroxylation is 1. The Hall–Kier alpha value is -2.11. The maximum Gasteiger partial charge on any atom is 0.437 e. The average molecular weight is 192 g/mol. The lowest BCUT2D eigenvalue weighted by atomic mass is 10.2. The van der Waals surface area contributed by atoms with Crippen molar-refractivity contribution >= 4 is 5.82 Å². The van der Waals surface area contributed by atoms with Crippen molar-refractivity contribution in [2.24, 2.45) is 7.05 Å². The zero-order valence-electron chi connectivity index (χ0n) is 7.47. The van der Waals surface area contributed by atoms with E-state index in [1.807, 2.05) is 0 Å². The van der Waals surface area contributed by atoms with Crippen LogP contribution in [0.5, 0.6) is 0 Å². The first-order valence-electron chi connectivity index (χ1n) is 3.93. The molecule has 0 aliphatic heterocycles. The number of rotatable bonds is 1. The number of hydrogen-bond donors (Lipinski definition) is 1. The van der Waals surface area contributed by atoms with Crippen LogP contribution in [0.4, 0.5) is 5.82 Å². The lowest BCUT2D eigenvalue weighted by Crippen LogP contribution is -2.09. The highest BCUT2D eigenvalue weighted by atomic mass is 16.4. The fourth-order valence-electron chi connectivity index (χ4n) is 1.04. The molecule has 72 valence electrons. The largest absolute Gasteiger partial charge is 0.437 e. The quantitative estimate of drug-likeness (QED) is 0.688. The minimum absolute atomic E-state index is 0.242. The normalized spacial score (nSPS) is 10.4. The number of nitrogens with zero attached hydrogens (tertiary/aromatic N) is 3. The molecule has 6 nitrogen and oxygen atoms in total. The van der Waals surface area contributed by atoms with E-state index in [4.69, 9.17) is 10.2 Å². The van der Waals surface area contributed by atoms with Crippen LogP contribution in [0.15, 0.2) is 27.5 Å². The first-order valence-corrected chi connectivity index (χ1v) is 3.93. The first kappa shape index (κ1) is 8.49. The van der Waals surface area contributed by atoms with Gasteiger partial charge >= 0.3 is 5.76 Å². The number of pyridine rings is 1. The van der Waals surface area contributed by atoms with Crippen LogP contribution in [0.1, 0.15) is 0 Å². The molecule has 0 saturated carbocycles. The Labute approximate surface area is 79.0 Å². The zero-order valence-corrected chi connectivity index (χ0v) is 7.47. The molecule has 0 saturated heterocycles. The van der Waals surface area contributed by atoms with Gasteiger partial charge in [0.15, 0.2) is 0 Å². The molecular weight excluding hydrogens is 184 g/mol. The monoisotopic (exact) mass is 192 g/mol. The van der Waals surface area contributed by atoms with E-state index in [1.54, 1.807) is 12.1 Å². The molecule has 0 amide bonds. The van der Waals surface area contributed by atoms with E-state index in [0.29, 0.717) is 11.4 Å². The van der Waals surface area contributed by atoms with Gasteiger partial charge in [-0.2, -0.15) is 4.68 Å². The molecule has 0 radical (unpaired) electrons. The van der Waals surface area contributed by atoms with Crippen LogP contribution in [0.2, 0.25) is 0 Å². The van der Waals surface area contributed by atoms with Gasteiger partial charge in [0, 0.05) is 18.8 Å². The molecule has 14 heavy (non-hydrogen) atoms. The van der Waals surface area contributed by atoms with Crippen molar-refractivity contribution in [1.29, 1.82) is 0 Å². The lowest BCUT2D eigenvalue weighted by molar-refractivity contribution is 0.505. The highest BCUT2D eigenvalue weighted by Crippen LogP contribution is 2.15.